The lowest BCUT2D eigenvalue weighted by molar-refractivity contribution is 0.0607. The lowest BCUT2D eigenvalue weighted by Crippen LogP contribution is -2.27. The minimum absolute atomic E-state index is 0.111. The Labute approximate surface area is 121 Å². The molecule has 1 unspecified atom stereocenters. The Hall–Kier alpha value is -0.160. The van der Waals surface area contributed by atoms with Gasteiger partial charge in [0.25, 0.3) is 0 Å². The highest BCUT2D eigenvalue weighted by atomic mass is 79.9. The smallest absolute Gasteiger partial charge is 0.147 e. The van der Waals surface area contributed by atoms with Gasteiger partial charge in [-0.25, -0.2) is 4.39 Å². The third kappa shape index (κ3) is 4.19. The maximum Gasteiger partial charge on any atom is 0.147 e. The van der Waals surface area contributed by atoms with Crippen molar-refractivity contribution in [1.29, 1.82) is 0 Å². The van der Waals surface area contributed by atoms with Crippen molar-refractivity contribution in [2.45, 2.75) is 32.9 Å². The van der Waals surface area contributed by atoms with E-state index in [-0.39, 0.29) is 17.2 Å². The molecule has 0 aliphatic heterocycles. The summed E-state index contributed by atoms with van der Waals surface area (Å²) in [4.78, 5) is 0. The lowest BCUT2D eigenvalue weighted by atomic mass is 10.1. The van der Waals surface area contributed by atoms with Crippen LogP contribution in [0.2, 0.25) is 5.02 Å². The number of likely N-dealkylation sites (N-methyl/N-ethyl adjacent to an activating group) is 1. The molecular weight excluding hydrogens is 321 g/mol. The molecule has 1 atom stereocenters. The normalized spacial score (nSPS) is 13.1. The number of hydrogen-bond donors (Lipinski definition) is 1. The van der Waals surface area contributed by atoms with E-state index in [4.69, 9.17) is 16.3 Å². The maximum atomic E-state index is 14.1. The second-order valence-electron chi connectivity index (χ2n) is 4.26. The molecule has 0 aromatic heterocycles. The molecule has 0 radical (unpaired) electrons. The Kier molecular flexibility index (Phi) is 6.57. The summed E-state index contributed by atoms with van der Waals surface area (Å²) in [6, 6.07) is 3.28. The third-order valence-electron chi connectivity index (χ3n) is 2.49. The molecule has 1 N–H and O–H groups in total. The van der Waals surface area contributed by atoms with Crippen LogP contribution in [0.1, 0.15) is 32.4 Å². The van der Waals surface area contributed by atoms with Gasteiger partial charge in [-0.15, -0.1) is 0 Å². The van der Waals surface area contributed by atoms with Gasteiger partial charge in [-0.3, -0.25) is 0 Å². The van der Waals surface area contributed by atoms with Crippen LogP contribution in [0.15, 0.2) is 16.6 Å². The molecule has 0 spiro atoms. The van der Waals surface area contributed by atoms with Gasteiger partial charge in [0, 0.05) is 10.0 Å². The molecule has 0 aliphatic rings. The molecule has 18 heavy (non-hydrogen) atoms. The van der Waals surface area contributed by atoms with Gasteiger partial charge in [-0.05, 0) is 42.4 Å². The second kappa shape index (κ2) is 7.43. The molecule has 0 fully saturated rings. The van der Waals surface area contributed by atoms with Crippen molar-refractivity contribution in [3.63, 3.8) is 0 Å². The third-order valence-corrected chi connectivity index (χ3v) is 3.75. The van der Waals surface area contributed by atoms with Crippen LogP contribution in [0.5, 0.6) is 0 Å². The molecule has 0 aliphatic carbocycles. The summed E-state index contributed by atoms with van der Waals surface area (Å²) in [5.74, 6) is -0.399. The van der Waals surface area contributed by atoms with Crippen molar-refractivity contribution in [3.8, 4) is 0 Å². The number of halogens is 3. The predicted octanol–water partition coefficient (Wildman–Crippen LogP) is 4.32. The van der Waals surface area contributed by atoms with Crippen molar-refractivity contribution in [3.05, 3.63) is 33.0 Å². The van der Waals surface area contributed by atoms with Crippen molar-refractivity contribution in [1.82, 2.24) is 5.32 Å². The Balaban J connectivity index is 2.94. The Morgan fingerprint density at radius 2 is 2.11 bits per heavy atom. The monoisotopic (exact) mass is 337 g/mol. The van der Waals surface area contributed by atoms with E-state index < -0.39 is 5.82 Å². The number of rotatable bonds is 6. The SMILES string of the molecule is CCNC(COC(C)C)c1ccc(Br)c(Cl)c1F. The van der Waals surface area contributed by atoms with Crippen molar-refractivity contribution in [2.24, 2.45) is 0 Å². The minimum atomic E-state index is -0.399. The van der Waals surface area contributed by atoms with Crippen molar-refractivity contribution >= 4 is 27.5 Å². The minimum Gasteiger partial charge on any atom is -0.377 e. The standard InChI is InChI=1S/C13H18BrClFNO/c1-4-17-11(7-18-8(2)3)9-5-6-10(14)12(15)13(9)16/h5-6,8,11,17H,4,7H2,1-3H3. The average molecular weight is 339 g/mol. The molecular formula is C13H18BrClFNO. The predicted molar refractivity (Wildman–Crippen MR) is 76.6 cm³/mol. The highest BCUT2D eigenvalue weighted by molar-refractivity contribution is 9.10. The van der Waals surface area contributed by atoms with E-state index in [1.54, 1.807) is 12.1 Å². The van der Waals surface area contributed by atoms with Gasteiger partial charge in [0.2, 0.25) is 0 Å². The molecule has 0 saturated heterocycles. The summed E-state index contributed by atoms with van der Waals surface area (Å²) in [6.45, 7) is 7.03. The van der Waals surface area contributed by atoms with Crippen molar-refractivity contribution < 1.29 is 9.13 Å². The van der Waals surface area contributed by atoms with E-state index >= 15 is 0 Å². The average Bonchev–Trinajstić information content (AvgIpc) is 2.32. The van der Waals surface area contributed by atoms with Gasteiger partial charge in [0.15, 0.2) is 0 Å². The molecule has 1 rings (SSSR count). The highest BCUT2D eigenvalue weighted by Gasteiger charge is 2.19. The fraction of sp³-hybridized carbons (Fsp3) is 0.538. The lowest BCUT2D eigenvalue weighted by Gasteiger charge is -2.21. The van der Waals surface area contributed by atoms with Crippen LogP contribution in [0.3, 0.4) is 0 Å². The summed E-state index contributed by atoms with van der Waals surface area (Å²) >= 11 is 9.11. The molecule has 2 nitrogen and oxygen atoms in total. The van der Waals surface area contributed by atoms with Crippen molar-refractivity contribution in [2.75, 3.05) is 13.2 Å². The van der Waals surface area contributed by atoms with E-state index in [2.05, 4.69) is 21.2 Å². The Bertz CT molecular complexity index is 401. The van der Waals surface area contributed by atoms with E-state index in [1.165, 1.54) is 0 Å². The van der Waals surface area contributed by atoms with Gasteiger partial charge in [-0.2, -0.15) is 0 Å². The number of benzene rings is 1. The molecule has 0 amide bonds. The maximum absolute atomic E-state index is 14.1. The van der Waals surface area contributed by atoms with Gasteiger partial charge in [0.05, 0.1) is 23.8 Å². The van der Waals surface area contributed by atoms with Crippen LogP contribution in [-0.2, 0) is 4.74 Å². The Morgan fingerprint density at radius 1 is 1.44 bits per heavy atom. The molecule has 102 valence electrons. The van der Waals surface area contributed by atoms with E-state index in [1.807, 2.05) is 20.8 Å². The summed E-state index contributed by atoms with van der Waals surface area (Å²) in [7, 11) is 0. The van der Waals surface area contributed by atoms with Crippen LogP contribution in [0, 0.1) is 5.82 Å². The molecule has 0 heterocycles. The fourth-order valence-electron chi connectivity index (χ4n) is 1.60. The first-order valence-electron chi connectivity index (χ1n) is 5.95. The first-order valence-corrected chi connectivity index (χ1v) is 7.12. The molecule has 0 saturated carbocycles. The number of hydrogen-bond acceptors (Lipinski definition) is 2. The summed E-state index contributed by atoms with van der Waals surface area (Å²) in [6.07, 6.45) is 0.111. The number of ether oxygens (including phenoxy) is 1. The fourth-order valence-corrected chi connectivity index (χ4v) is 2.08. The summed E-state index contributed by atoms with van der Waals surface area (Å²) in [5.41, 5.74) is 0.533. The van der Waals surface area contributed by atoms with Gasteiger partial charge < -0.3 is 10.1 Å². The topological polar surface area (TPSA) is 21.3 Å². The van der Waals surface area contributed by atoms with Crippen LogP contribution < -0.4 is 5.32 Å². The molecule has 5 heteroatoms. The van der Waals surface area contributed by atoms with E-state index in [0.29, 0.717) is 16.6 Å². The quantitative estimate of drug-likeness (QED) is 0.780. The Morgan fingerprint density at radius 3 is 2.67 bits per heavy atom. The summed E-state index contributed by atoms with van der Waals surface area (Å²) in [5, 5.41) is 3.31. The van der Waals surface area contributed by atoms with Crippen LogP contribution in [0.25, 0.3) is 0 Å². The zero-order valence-corrected chi connectivity index (χ0v) is 13.1. The zero-order chi connectivity index (χ0) is 13.7. The molecule has 1 aromatic rings. The largest absolute Gasteiger partial charge is 0.377 e. The van der Waals surface area contributed by atoms with Crippen LogP contribution in [-0.4, -0.2) is 19.3 Å². The van der Waals surface area contributed by atoms with Gasteiger partial charge in [-0.1, -0.05) is 24.6 Å². The van der Waals surface area contributed by atoms with Crippen LogP contribution in [0.4, 0.5) is 4.39 Å². The number of nitrogens with one attached hydrogen (secondary N) is 1. The van der Waals surface area contributed by atoms with E-state index in [0.717, 1.165) is 6.54 Å². The summed E-state index contributed by atoms with van der Waals surface area (Å²) < 4.78 is 20.2. The molecule has 0 bridgehead atoms. The van der Waals surface area contributed by atoms with Gasteiger partial charge >= 0.3 is 0 Å². The zero-order valence-electron chi connectivity index (χ0n) is 10.8. The molecule has 1 aromatic carbocycles. The van der Waals surface area contributed by atoms with Crippen LogP contribution >= 0.6 is 27.5 Å². The second-order valence-corrected chi connectivity index (χ2v) is 5.49. The first-order chi connectivity index (χ1) is 8.47. The highest BCUT2D eigenvalue weighted by Crippen LogP contribution is 2.30. The van der Waals surface area contributed by atoms with E-state index in [9.17, 15) is 4.39 Å². The first kappa shape index (κ1) is 15.9. The van der Waals surface area contributed by atoms with Gasteiger partial charge in [0.1, 0.15) is 5.82 Å².